The minimum atomic E-state index is 0. The molecular weight excluding hydrogens is 619 g/mol. The van der Waals surface area contributed by atoms with Gasteiger partial charge in [0.25, 0.3) is 0 Å². The Kier molecular flexibility index (Phi) is 11.4. The van der Waals surface area contributed by atoms with Gasteiger partial charge >= 0.3 is 0 Å². The number of aryl methyl sites for hydroxylation is 1. The monoisotopic (exact) mass is 656 g/mol. The zero-order valence-electron chi connectivity index (χ0n) is 24.6. The van der Waals surface area contributed by atoms with Crippen LogP contribution in [0, 0.1) is 65.5 Å². The fourth-order valence-corrected chi connectivity index (χ4v) is 8.39. The number of hydrogen-bond acceptors (Lipinski definition) is 0. The van der Waals surface area contributed by atoms with E-state index in [1.54, 1.807) is 6.07 Å². The van der Waals surface area contributed by atoms with E-state index in [9.17, 15) is 0 Å². The molecule has 0 unspecified atom stereocenters. The molecule has 0 nitrogen and oxygen atoms in total. The quantitative estimate of drug-likeness (QED) is 0.183. The molecule has 4 saturated carbocycles. The molecule has 4 aliphatic rings. The van der Waals surface area contributed by atoms with Crippen LogP contribution in [0.1, 0.15) is 83.0 Å². The van der Waals surface area contributed by atoms with Crippen LogP contribution in [-0.4, -0.2) is 0 Å². The van der Waals surface area contributed by atoms with Crippen LogP contribution in [-0.2, 0) is 38.0 Å². The van der Waals surface area contributed by atoms with Gasteiger partial charge in [-0.05, 0) is 49.4 Å². The SMILES string of the molecule is [CH2-]c1c(Cl)cc(Cl)cc1C=[C-]c1ccccc1C[C-]=Cc1cc(C)cc(C23CC4CC(CC(C4)C2)C3)c1[CH2-].[CH3-].[CH3-].[Zr]. The van der Waals surface area contributed by atoms with E-state index in [1.807, 2.05) is 18.2 Å². The Morgan fingerprint density at radius 3 is 2.12 bits per heavy atom. The van der Waals surface area contributed by atoms with Gasteiger partial charge in [-0.15, -0.1) is 76.7 Å². The molecule has 4 bridgehead atoms. The van der Waals surface area contributed by atoms with Gasteiger partial charge in [0, 0.05) is 31.2 Å². The third-order valence-corrected chi connectivity index (χ3v) is 9.74. The average Bonchev–Trinajstić information content (AvgIpc) is 2.87. The Hall–Kier alpha value is -1.66. The van der Waals surface area contributed by atoms with Crippen molar-refractivity contribution in [2.75, 3.05) is 0 Å². The van der Waals surface area contributed by atoms with E-state index in [0.29, 0.717) is 21.9 Å². The van der Waals surface area contributed by atoms with Crippen LogP contribution in [0.4, 0.5) is 0 Å². The molecule has 0 spiro atoms. The summed E-state index contributed by atoms with van der Waals surface area (Å²) in [5.41, 5.74) is 9.44. The number of halogens is 2. The second-order valence-corrected chi connectivity index (χ2v) is 12.8. The standard InChI is InChI=1S/C36H34Cl2.2CH3.Zr/c1-23-13-31(24(2)34(14-23)36-20-26-15-27(21-36)17-28(16-26)22-36)10-6-9-29-7-4-5-8-30(29)11-12-32-18-33(37)19-35(38)25(32)3;;;/h4-5,7-8,10,12-14,18-19,26-28H,2-3,9,15-17,20-22H2,1H3;2*1H3;/q-4;2*-1;. The molecule has 4 aliphatic carbocycles. The molecule has 3 heteroatoms. The van der Waals surface area contributed by atoms with Crippen LogP contribution in [0.3, 0.4) is 0 Å². The van der Waals surface area contributed by atoms with Crippen LogP contribution in [0.15, 0.2) is 48.5 Å². The Bertz CT molecular complexity index is 1400. The van der Waals surface area contributed by atoms with Crippen LogP contribution >= 0.6 is 23.2 Å². The van der Waals surface area contributed by atoms with E-state index in [-0.39, 0.29) is 41.1 Å². The number of hydrogen-bond donors (Lipinski definition) is 0. The van der Waals surface area contributed by atoms with Gasteiger partial charge in [0.2, 0.25) is 0 Å². The second kappa shape index (κ2) is 13.8. The van der Waals surface area contributed by atoms with E-state index in [2.05, 4.69) is 69.3 Å². The fraction of sp³-hybridized carbons (Fsp3) is 0.316. The topological polar surface area (TPSA) is 0 Å². The molecule has 0 heterocycles. The van der Waals surface area contributed by atoms with Crippen LogP contribution in [0.25, 0.3) is 12.2 Å². The van der Waals surface area contributed by atoms with Crippen molar-refractivity contribution in [2.24, 2.45) is 17.8 Å². The van der Waals surface area contributed by atoms with Crippen LogP contribution < -0.4 is 0 Å². The molecule has 41 heavy (non-hydrogen) atoms. The summed E-state index contributed by atoms with van der Waals surface area (Å²) in [7, 11) is 0. The first-order valence-electron chi connectivity index (χ1n) is 13.8. The molecule has 3 aromatic rings. The Labute approximate surface area is 278 Å². The smallest absolute Gasteiger partial charge is 0.0213 e. The molecule has 0 atom stereocenters. The predicted molar refractivity (Wildman–Crippen MR) is 174 cm³/mol. The van der Waals surface area contributed by atoms with Gasteiger partial charge < -0.3 is 14.9 Å². The van der Waals surface area contributed by atoms with Crippen molar-refractivity contribution in [1.29, 1.82) is 0 Å². The van der Waals surface area contributed by atoms with Gasteiger partial charge in [-0.1, -0.05) is 59.6 Å². The summed E-state index contributed by atoms with van der Waals surface area (Å²) < 4.78 is 0. The van der Waals surface area contributed by atoms with Crippen molar-refractivity contribution in [3.8, 4) is 0 Å². The zero-order chi connectivity index (χ0) is 26.4. The van der Waals surface area contributed by atoms with Gasteiger partial charge in [0.1, 0.15) is 0 Å². The first kappa shape index (κ1) is 33.8. The molecule has 0 aliphatic heterocycles. The fourth-order valence-electron chi connectivity index (χ4n) is 7.88. The summed E-state index contributed by atoms with van der Waals surface area (Å²) in [6.45, 7) is 10.9. The minimum absolute atomic E-state index is 0. The van der Waals surface area contributed by atoms with E-state index < -0.39 is 0 Å². The van der Waals surface area contributed by atoms with Crippen LogP contribution in [0.5, 0.6) is 0 Å². The molecule has 0 radical (unpaired) electrons. The summed E-state index contributed by atoms with van der Waals surface area (Å²) in [5, 5.41) is 1.15. The second-order valence-electron chi connectivity index (χ2n) is 12.0. The molecule has 3 aromatic carbocycles. The summed E-state index contributed by atoms with van der Waals surface area (Å²) in [4.78, 5) is 0. The van der Waals surface area contributed by atoms with E-state index in [0.717, 1.165) is 34.4 Å². The molecule has 4 fully saturated rings. The average molecular weight is 659 g/mol. The summed E-state index contributed by atoms with van der Waals surface area (Å²) >= 11 is 12.5. The zero-order valence-corrected chi connectivity index (χ0v) is 28.6. The molecule has 216 valence electrons. The van der Waals surface area contributed by atoms with E-state index in [4.69, 9.17) is 23.2 Å². The van der Waals surface area contributed by atoms with Crippen molar-refractivity contribution in [1.82, 2.24) is 0 Å². The van der Waals surface area contributed by atoms with Crippen molar-refractivity contribution in [2.45, 2.75) is 57.3 Å². The molecule has 0 saturated heterocycles. The van der Waals surface area contributed by atoms with Gasteiger partial charge in [0.15, 0.2) is 0 Å². The first-order chi connectivity index (χ1) is 18.3. The molecule has 0 amide bonds. The van der Waals surface area contributed by atoms with Crippen molar-refractivity contribution >= 4 is 35.4 Å². The third kappa shape index (κ3) is 6.95. The summed E-state index contributed by atoms with van der Waals surface area (Å²) in [6.07, 6.45) is 20.2. The maximum absolute atomic E-state index is 6.27. The maximum Gasteiger partial charge on any atom is 0.0213 e. The van der Waals surface area contributed by atoms with Crippen molar-refractivity contribution in [3.05, 3.63) is 144 Å². The van der Waals surface area contributed by atoms with E-state index >= 15 is 0 Å². The van der Waals surface area contributed by atoms with Gasteiger partial charge in [-0.25, -0.2) is 6.08 Å². The Morgan fingerprint density at radius 2 is 1.46 bits per heavy atom. The summed E-state index contributed by atoms with van der Waals surface area (Å²) in [6, 6.07) is 16.6. The molecule has 0 N–H and O–H groups in total. The van der Waals surface area contributed by atoms with Crippen molar-refractivity contribution < 1.29 is 26.2 Å². The van der Waals surface area contributed by atoms with Gasteiger partial charge in [-0.3, -0.25) is 6.08 Å². The third-order valence-electron chi connectivity index (χ3n) is 9.18. The van der Waals surface area contributed by atoms with Gasteiger partial charge in [-0.2, -0.15) is 36.6 Å². The first-order valence-corrected chi connectivity index (χ1v) is 14.6. The van der Waals surface area contributed by atoms with Gasteiger partial charge in [0.05, 0.1) is 0 Å². The maximum atomic E-state index is 6.27. The van der Waals surface area contributed by atoms with Crippen LogP contribution in [0.2, 0.25) is 10.0 Å². The van der Waals surface area contributed by atoms with Crippen molar-refractivity contribution in [3.63, 3.8) is 0 Å². The Morgan fingerprint density at radius 1 is 0.854 bits per heavy atom. The normalized spacial score (nSPS) is 24.2. The molecule has 0 aromatic heterocycles. The predicted octanol–water partition coefficient (Wildman–Crippen LogP) is 11.0. The van der Waals surface area contributed by atoms with E-state index in [1.165, 1.54) is 66.3 Å². The number of rotatable bonds is 6. The Balaban J connectivity index is 0.00000154. The number of benzene rings is 3. The minimum Gasteiger partial charge on any atom is -0.358 e. The molecular formula is C38H40Cl2Zr-6. The number of allylic oxidation sites excluding steroid dienone is 1. The summed E-state index contributed by atoms with van der Waals surface area (Å²) in [5.74, 6) is 2.78. The molecule has 7 rings (SSSR count). The largest absolute Gasteiger partial charge is 0.358 e.